The van der Waals surface area contributed by atoms with Crippen molar-refractivity contribution in [3.05, 3.63) is 75.3 Å². The molecule has 0 atom stereocenters. The van der Waals surface area contributed by atoms with Crippen molar-refractivity contribution in [3.63, 3.8) is 0 Å². The van der Waals surface area contributed by atoms with E-state index in [1.807, 2.05) is 32.0 Å². The highest BCUT2D eigenvalue weighted by Gasteiger charge is 2.06. The topological polar surface area (TPSA) is 93.8 Å². The van der Waals surface area contributed by atoms with E-state index in [1.165, 1.54) is 18.3 Å². The number of non-ortho nitro benzene ring substituents is 1. The summed E-state index contributed by atoms with van der Waals surface area (Å²) in [6, 6.07) is 11.9. The molecule has 7 nitrogen and oxygen atoms in total. The third-order valence-electron chi connectivity index (χ3n) is 3.48. The van der Waals surface area contributed by atoms with E-state index in [-0.39, 0.29) is 18.2 Å². The van der Waals surface area contributed by atoms with Gasteiger partial charge in [-0.3, -0.25) is 14.9 Å². The van der Waals surface area contributed by atoms with Crippen molar-refractivity contribution >= 4 is 23.9 Å². The lowest BCUT2D eigenvalue weighted by Gasteiger charge is -2.10. The third kappa shape index (κ3) is 5.55. The Morgan fingerprint density at radius 3 is 2.62 bits per heavy atom. The highest BCUT2D eigenvalue weighted by Crippen LogP contribution is 2.21. The molecule has 0 radical (unpaired) electrons. The number of allylic oxidation sites excluding steroid dienone is 1. The maximum atomic E-state index is 11.7. The van der Waals surface area contributed by atoms with E-state index in [0.717, 1.165) is 11.1 Å². The first-order valence-electron chi connectivity index (χ1n) is 7.89. The summed E-state index contributed by atoms with van der Waals surface area (Å²) in [6.45, 7) is 3.69. The number of carbonyl (C=O) groups excluding carboxylic acids is 1. The highest BCUT2D eigenvalue weighted by molar-refractivity contribution is 5.82. The number of aryl methyl sites for hydroxylation is 2. The lowest BCUT2D eigenvalue weighted by atomic mass is 10.1. The molecule has 0 aliphatic heterocycles. The number of benzene rings is 2. The molecule has 134 valence electrons. The Bertz CT molecular complexity index is 839. The first kappa shape index (κ1) is 18.9. The van der Waals surface area contributed by atoms with E-state index in [4.69, 9.17) is 4.74 Å². The van der Waals surface area contributed by atoms with Crippen LogP contribution in [0.25, 0.3) is 6.08 Å². The van der Waals surface area contributed by atoms with Gasteiger partial charge in [0.15, 0.2) is 6.61 Å². The van der Waals surface area contributed by atoms with Gasteiger partial charge in [0.05, 0.1) is 4.92 Å². The van der Waals surface area contributed by atoms with Crippen LogP contribution in [-0.4, -0.2) is 23.7 Å². The van der Waals surface area contributed by atoms with Gasteiger partial charge >= 0.3 is 0 Å². The van der Waals surface area contributed by atoms with Gasteiger partial charge in [-0.2, -0.15) is 5.10 Å². The summed E-state index contributed by atoms with van der Waals surface area (Å²) >= 11 is 0. The summed E-state index contributed by atoms with van der Waals surface area (Å²) in [7, 11) is 0. The smallest absolute Gasteiger partial charge is 0.277 e. The molecule has 1 amide bonds. The molecule has 2 aromatic carbocycles. The fourth-order valence-electron chi connectivity index (χ4n) is 2.25. The number of rotatable bonds is 7. The van der Waals surface area contributed by atoms with E-state index in [2.05, 4.69) is 10.5 Å². The molecule has 0 spiro atoms. The molecule has 2 aromatic rings. The molecule has 0 fully saturated rings. The zero-order valence-electron chi connectivity index (χ0n) is 14.5. The minimum Gasteiger partial charge on any atom is -0.483 e. The average Bonchev–Trinajstić information content (AvgIpc) is 2.61. The second-order valence-electron chi connectivity index (χ2n) is 5.53. The number of hydrazone groups is 1. The van der Waals surface area contributed by atoms with E-state index < -0.39 is 4.92 Å². The number of carbonyl (C=O) groups is 1. The van der Waals surface area contributed by atoms with Gasteiger partial charge in [-0.1, -0.05) is 36.4 Å². The molecule has 1 N–H and O–H groups in total. The predicted octanol–water partition coefficient (Wildman–Crippen LogP) is 3.41. The Morgan fingerprint density at radius 1 is 1.23 bits per heavy atom. The molecule has 0 saturated heterocycles. The number of nitrogens with zero attached hydrogens (tertiary/aromatic N) is 2. The van der Waals surface area contributed by atoms with Gasteiger partial charge in [-0.05, 0) is 36.6 Å². The lowest BCUT2D eigenvalue weighted by Crippen LogP contribution is -2.24. The minimum absolute atomic E-state index is 0.0149. The van der Waals surface area contributed by atoms with Crippen molar-refractivity contribution in [3.8, 4) is 5.75 Å². The average molecular weight is 353 g/mol. The Labute approximate surface area is 151 Å². The highest BCUT2D eigenvalue weighted by atomic mass is 16.6. The molecule has 0 aromatic heterocycles. The number of para-hydroxylation sites is 1. The van der Waals surface area contributed by atoms with Crippen molar-refractivity contribution in [1.29, 1.82) is 0 Å². The van der Waals surface area contributed by atoms with Crippen molar-refractivity contribution in [2.24, 2.45) is 5.10 Å². The van der Waals surface area contributed by atoms with Crippen LogP contribution in [-0.2, 0) is 4.79 Å². The number of ether oxygens (including phenoxy) is 1. The molecular formula is C19H19N3O4. The van der Waals surface area contributed by atoms with Gasteiger partial charge in [0, 0.05) is 18.3 Å². The number of hydrogen-bond acceptors (Lipinski definition) is 5. The molecule has 0 aliphatic rings. The summed E-state index contributed by atoms with van der Waals surface area (Å²) in [5.74, 6) is 0.310. The third-order valence-corrected chi connectivity index (χ3v) is 3.48. The lowest BCUT2D eigenvalue weighted by molar-refractivity contribution is -0.384. The SMILES string of the molecule is Cc1cccc(C)c1OCC(=O)N/N=C\C=C\c1cccc([N+](=O)[O-])c1. The number of hydrogen-bond donors (Lipinski definition) is 1. The quantitative estimate of drug-likeness (QED) is 0.469. The van der Waals surface area contributed by atoms with E-state index in [0.29, 0.717) is 11.3 Å². The maximum Gasteiger partial charge on any atom is 0.277 e. The van der Waals surface area contributed by atoms with Crippen LogP contribution >= 0.6 is 0 Å². The van der Waals surface area contributed by atoms with Gasteiger partial charge in [0.1, 0.15) is 5.75 Å². The molecular weight excluding hydrogens is 334 g/mol. The van der Waals surface area contributed by atoms with Crippen LogP contribution in [0.5, 0.6) is 5.75 Å². The molecule has 0 unspecified atom stereocenters. The number of nitrogens with one attached hydrogen (secondary N) is 1. The summed E-state index contributed by atoms with van der Waals surface area (Å²) < 4.78 is 5.52. The Kier molecular flexibility index (Phi) is 6.61. The van der Waals surface area contributed by atoms with Crippen LogP contribution in [0.1, 0.15) is 16.7 Å². The van der Waals surface area contributed by atoms with E-state index in [1.54, 1.807) is 24.3 Å². The van der Waals surface area contributed by atoms with Crippen LogP contribution < -0.4 is 10.2 Å². The molecule has 26 heavy (non-hydrogen) atoms. The predicted molar refractivity (Wildman–Crippen MR) is 100 cm³/mol. The molecule has 0 heterocycles. The van der Waals surface area contributed by atoms with Gasteiger partial charge in [0.25, 0.3) is 11.6 Å². The van der Waals surface area contributed by atoms with E-state index >= 15 is 0 Å². The maximum absolute atomic E-state index is 11.7. The zero-order chi connectivity index (χ0) is 18.9. The summed E-state index contributed by atoms with van der Waals surface area (Å²) in [5, 5.41) is 14.5. The van der Waals surface area contributed by atoms with Gasteiger partial charge in [-0.15, -0.1) is 0 Å². The zero-order valence-corrected chi connectivity index (χ0v) is 14.5. The van der Waals surface area contributed by atoms with Crippen LogP contribution in [0.3, 0.4) is 0 Å². The standard InChI is InChI=1S/C19H19N3O4/c1-14-6-3-7-15(2)19(14)26-13-18(23)21-20-11-5-9-16-8-4-10-17(12-16)22(24)25/h3-12H,13H2,1-2H3,(H,21,23)/b9-5+,20-11-. The second kappa shape index (κ2) is 9.12. The van der Waals surface area contributed by atoms with Gasteiger partial charge < -0.3 is 4.74 Å². The molecule has 0 saturated carbocycles. The van der Waals surface area contributed by atoms with Crippen LogP contribution in [0.2, 0.25) is 0 Å². The fraction of sp³-hybridized carbons (Fsp3) is 0.158. The Balaban J connectivity index is 1.82. The first-order valence-corrected chi connectivity index (χ1v) is 7.89. The van der Waals surface area contributed by atoms with Crippen LogP contribution in [0, 0.1) is 24.0 Å². The summed E-state index contributed by atoms with van der Waals surface area (Å²) in [4.78, 5) is 22.0. The van der Waals surface area contributed by atoms with Crippen molar-refractivity contribution in [2.45, 2.75) is 13.8 Å². The molecule has 2 rings (SSSR count). The van der Waals surface area contributed by atoms with Gasteiger partial charge in [-0.25, -0.2) is 5.43 Å². The fourth-order valence-corrected chi connectivity index (χ4v) is 2.25. The first-order chi connectivity index (χ1) is 12.5. The number of amides is 1. The summed E-state index contributed by atoms with van der Waals surface area (Å²) in [5.41, 5.74) is 4.95. The number of nitro benzene ring substituents is 1. The monoisotopic (exact) mass is 353 g/mol. The Morgan fingerprint density at radius 2 is 1.92 bits per heavy atom. The van der Waals surface area contributed by atoms with Gasteiger partial charge in [0.2, 0.25) is 0 Å². The summed E-state index contributed by atoms with van der Waals surface area (Å²) in [6.07, 6.45) is 4.61. The van der Waals surface area contributed by atoms with Crippen molar-refractivity contribution < 1.29 is 14.5 Å². The van der Waals surface area contributed by atoms with Crippen LogP contribution in [0.15, 0.2) is 53.6 Å². The Hall–Kier alpha value is -3.48. The second-order valence-corrected chi connectivity index (χ2v) is 5.53. The van der Waals surface area contributed by atoms with Crippen LogP contribution in [0.4, 0.5) is 5.69 Å². The molecule has 0 bridgehead atoms. The van der Waals surface area contributed by atoms with E-state index in [9.17, 15) is 14.9 Å². The minimum atomic E-state index is -0.457. The molecule has 7 heteroatoms. The van der Waals surface area contributed by atoms with Crippen molar-refractivity contribution in [1.82, 2.24) is 5.43 Å². The molecule has 0 aliphatic carbocycles. The normalized spacial score (nSPS) is 11.0. The number of nitro groups is 1. The van der Waals surface area contributed by atoms with Crippen molar-refractivity contribution in [2.75, 3.05) is 6.61 Å². The largest absolute Gasteiger partial charge is 0.483 e.